The summed E-state index contributed by atoms with van der Waals surface area (Å²) in [4.78, 5) is 14.0. The van der Waals surface area contributed by atoms with Gasteiger partial charge in [-0.3, -0.25) is 4.79 Å². The van der Waals surface area contributed by atoms with Gasteiger partial charge in [0.25, 0.3) is 5.91 Å². The van der Waals surface area contributed by atoms with Crippen LogP contribution in [0.25, 0.3) is 0 Å². The van der Waals surface area contributed by atoms with E-state index in [9.17, 15) is 9.18 Å². The van der Waals surface area contributed by atoms with Gasteiger partial charge in [-0.25, -0.2) is 4.39 Å². The number of nitrogens with zero attached hydrogens (tertiary/aromatic N) is 1. The van der Waals surface area contributed by atoms with Crippen LogP contribution < -0.4 is 0 Å². The van der Waals surface area contributed by atoms with Crippen LogP contribution in [-0.2, 0) is 4.74 Å². The van der Waals surface area contributed by atoms with Crippen LogP contribution in [0.2, 0.25) is 0 Å². The first-order chi connectivity index (χ1) is 8.65. The molecular weight excluding hydrogens is 233 g/mol. The third-order valence-electron chi connectivity index (χ3n) is 3.75. The van der Waals surface area contributed by atoms with Crippen LogP contribution in [0.3, 0.4) is 0 Å². The lowest BCUT2D eigenvalue weighted by atomic mass is 10.1. The average molecular weight is 249 g/mol. The molecule has 1 aromatic rings. The summed E-state index contributed by atoms with van der Waals surface area (Å²) in [6, 6.07) is 4.96. The molecule has 2 bridgehead atoms. The molecule has 3 rings (SSSR count). The molecule has 2 atom stereocenters. The Morgan fingerprint density at radius 1 is 1.33 bits per heavy atom. The molecule has 0 spiro atoms. The summed E-state index contributed by atoms with van der Waals surface area (Å²) in [5, 5.41) is 0. The minimum atomic E-state index is -0.402. The van der Waals surface area contributed by atoms with Gasteiger partial charge in [-0.1, -0.05) is 12.1 Å². The zero-order chi connectivity index (χ0) is 12.7. The molecule has 0 radical (unpaired) electrons. The van der Waals surface area contributed by atoms with Crippen molar-refractivity contribution in [3.05, 3.63) is 35.1 Å². The summed E-state index contributed by atoms with van der Waals surface area (Å²) in [7, 11) is 0. The van der Waals surface area contributed by atoms with E-state index in [0.29, 0.717) is 18.7 Å². The number of rotatable bonds is 1. The van der Waals surface area contributed by atoms with E-state index >= 15 is 0 Å². The van der Waals surface area contributed by atoms with Gasteiger partial charge in [0.1, 0.15) is 5.82 Å². The quantitative estimate of drug-likeness (QED) is 0.763. The number of carbonyl (C=O) groups excluding carboxylic acids is 1. The Labute approximate surface area is 106 Å². The minimum absolute atomic E-state index is 0.139. The molecule has 2 aliphatic rings. The van der Waals surface area contributed by atoms with Crippen LogP contribution >= 0.6 is 0 Å². The smallest absolute Gasteiger partial charge is 0.257 e. The maximum Gasteiger partial charge on any atom is 0.257 e. The maximum atomic E-state index is 13.9. The van der Waals surface area contributed by atoms with Gasteiger partial charge in [0.05, 0.1) is 17.8 Å². The molecule has 2 aliphatic heterocycles. The number of benzene rings is 1. The van der Waals surface area contributed by atoms with Crippen molar-refractivity contribution in [1.82, 2.24) is 4.90 Å². The number of hydrogen-bond donors (Lipinski definition) is 0. The SMILES string of the molecule is Cc1cccc(C(=O)N2CC3CCC(C2)O3)c1F. The largest absolute Gasteiger partial charge is 0.371 e. The fourth-order valence-corrected chi connectivity index (χ4v) is 2.76. The van der Waals surface area contributed by atoms with Gasteiger partial charge in [-0.2, -0.15) is 0 Å². The molecule has 2 fully saturated rings. The molecule has 0 saturated carbocycles. The van der Waals surface area contributed by atoms with Crippen molar-refractivity contribution in [3.63, 3.8) is 0 Å². The van der Waals surface area contributed by atoms with Gasteiger partial charge >= 0.3 is 0 Å². The second-order valence-corrected chi connectivity index (χ2v) is 5.10. The Balaban J connectivity index is 1.84. The van der Waals surface area contributed by atoms with E-state index in [1.54, 1.807) is 30.0 Å². The summed E-state index contributed by atoms with van der Waals surface area (Å²) in [6.45, 7) is 2.85. The molecule has 3 nitrogen and oxygen atoms in total. The molecule has 0 aliphatic carbocycles. The van der Waals surface area contributed by atoms with Gasteiger partial charge in [0.2, 0.25) is 0 Å². The molecule has 0 aromatic heterocycles. The van der Waals surface area contributed by atoms with Crippen LogP contribution in [0.4, 0.5) is 4.39 Å². The van der Waals surface area contributed by atoms with Crippen molar-refractivity contribution in [2.75, 3.05) is 13.1 Å². The van der Waals surface area contributed by atoms with E-state index in [1.807, 2.05) is 0 Å². The van der Waals surface area contributed by atoms with E-state index < -0.39 is 5.82 Å². The average Bonchev–Trinajstić information content (AvgIpc) is 2.71. The molecule has 2 unspecified atom stereocenters. The predicted molar refractivity (Wildman–Crippen MR) is 64.9 cm³/mol. The summed E-state index contributed by atoms with van der Waals surface area (Å²) >= 11 is 0. The summed E-state index contributed by atoms with van der Waals surface area (Å²) in [5.74, 6) is -0.613. The Bertz CT molecular complexity index is 477. The van der Waals surface area contributed by atoms with Gasteiger partial charge in [-0.05, 0) is 31.4 Å². The molecule has 2 heterocycles. The molecule has 18 heavy (non-hydrogen) atoms. The highest BCUT2D eigenvalue weighted by molar-refractivity contribution is 5.94. The van der Waals surface area contributed by atoms with Crippen LogP contribution in [-0.4, -0.2) is 36.1 Å². The van der Waals surface area contributed by atoms with Crippen LogP contribution in [0.15, 0.2) is 18.2 Å². The van der Waals surface area contributed by atoms with Crippen LogP contribution in [0.5, 0.6) is 0 Å². The molecule has 2 saturated heterocycles. The zero-order valence-corrected chi connectivity index (χ0v) is 10.4. The van der Waals surface area contributed by atoms with Gasteiger partial charge in [0.15, 0.2) is 0 Å². The van der Waals surface area contributed by atoms with Crippen LogP contribution in [0.1, 0.15) is 28.8 Å². The highest BCUT2D eigenvalue weighted by Crippen LogP contribution is 2.27. The lowest BCUT2D eigenvalue weighted by Crippen LogP contribution is -2.46. The van der Waals surface area contributed by atoms with E-state index in [2.05, 4.69) is 0 Å². The first-order valence-corrected chi connectivity index (χ1v) is 6.35. The number of amides is 1. The minimum Gasteiger partial charge on any atom is -0.371 e. The van der Waals surface area contributed by atoms with Crippen molar-refractivity contribution >= 4 is 5.91 Å². The molecule has 1 aromatic carbocycles. The number of hydrogen-bond acceptors (Lipinski definition) is 2. The van der Waals surface area contributed by atoms with Crippen molar-refractivity contribution in [2.24, 2.45) is 0 Å². The number of fused-ring (bicyclic) bond motifs is 2. The number of carbonyl (C=O) groups is 1. The Morgan fingerprint density at radius 2 is 2.00 bits per heavy atom. The third-order valence-corrected chi connectivity index (χ3v) is 3.75. The van der Waals surface area contributed by atoms with E-state index in [4.69, 9.17) is 4.74 Å². The number of morpholine rings is 1. The molecule has 96 valence electrons. The number of halogens is 1. The lowest BCUT2D eigenvalue weighted by molar-refractivity contribution is -0.0304. The van der Waals surface area contributed by atoms with E-state index in [-0.39, 0.29) is 23.7 Å². The highest BCUT2D eigenvalue weighted by atomic mass is 19.1. The number of ether oxygens (including phenoxy) is 1. The molecule has 0 N–H and O–H groups in total. The molecule has 1 amide bonds. The second-order valence-electron chi connectivity index (χ2n) is 5.10. The Kier molecular flexibility index (Phi) is 2.82. The zero-order valence-electron chi connectivity index (χ0n) is 10.4. The Hall–Kier alpha value is -1.42. The van der Waals surface area contributed by atoms with Gasteiger partial charge < -0.3 is 9.64 Å². The molecular formula is C14H16FNO2. The number of likely N-dealkylation sites (tertiary alicyclic amines) is 1. The van der Waals surface area contributed by atoms with E-state index in [0.717, 1.165) is 12.8 Å². The van der Waals surface area contributed by atoms with Gasteiger partial charge in [0, 0.05) is 13.1 Å². The van der Waals surface area contributed by atoms with Crippen molar-refractivity contribution in [1.29, 1.82) is 0 Å². The fourth-order valence-electron chi connectivity index (χ4n) is 2.76. The van der Waals surface area contributed by atoms with Crippen molar-refractivity contribution in [3.8, 4) is 0 Å². The van der Waals surface area contributed by atoms with Crippen LogP contribution in [0, 0.1) is 12.7 Å². The first kappa shape index (κ1) is 11.7. The van der Waals surface area contributed by atoms with Gasteiger partial charge in [-0.15, -0.1) is 0 Å². The highest BCUT2D eigenvalue weighted by Gasteiger charge is 2.36. The fraction of sp³-hybridized carbons (Fsp3) is 0.500. The number of aryl methyl sites for hydroxylation is 1. The predicted octanol–water partition coefficient (Wildman–Crippen LogP) is 2.14. The summed E-state index contributed by atoms with van der Waals surface area (Å²) in [6.07, 6.45) is 2.29. The Morgan fingerprint density at radius 3 is 2.67 bits per heavy atom. The third kappa shape index (κ3) is 1.90. The normalized spacial score (nSPS) is 26.4. The first-order valence-electron chi connectivity index (χ1n) is 6.35. The maximum absolute atomic E-state index is 13.9. The van der Waals surface area contributed by atoms with Crippen molar-refractivity contribution in [2.45, 2.75) is 32.0 Å². The standard InChI is InChI=1S/C14H16FNO2/c1-9-3-2-4-12(13(9)15)14(17)16-7-10-5-6-11(8-16)18-10/h2-4,10-11H,5-8H2,1H3. The summed E-state index contributed by atoms with van der Waals surface area (Å²) in [5.41, 5.74) is 0.688. The second kappa shape index (κ2) is 4.35. The topological polar surface area (TPSA) is 29.5 Å². The molecule has 4 heteroatoms. The monoisotopic (exact) mass is 249 g/mol. The summed E-state index contributed by atoms with van der Waals surface area (Å²) < 4.78 is 19.6. The van der Waals surface area contributed by atoms with E-state index in [1.165, 1.54) is 0 Å². The van der Waals surface area contributed by atoms with Crippen molar-refractivity contribution < 1.29 is 13.9 Å². The lowest BCUT2D eigenvalue weighted by Gasteiger charge is -2.32.